The Labute approximate surface area is 124 Å². The van der Waals surface area contributed by atoms with E-state index < -0.39 is 23.7 Å². The molecule has 21 heavy (non-hydrogen) atoms. The van der Waals surface area contributed by atoms with Crippen molar-refractivity contribution in [2.24, 2.45) is 5.92 Å². The predicted octanol–water partition coefficient (Wildman–Crippen LogP) is 1.22. The van der Waals surface area contributed by atoms with Crippen LogP contribution in [0.1, 0.15) is 40.5 Å². The first-order valence-electron chi connectivity index (χ1n) is 7.08. The van der Waals surface area contributed by atoms with E-state index in [9.17, 15) is 19.5 Å². The molecule has 2 N–H and O–H groups in total. The maximum atomic E-state index is 11.7. The summed E-state index contributed by atoms with van der Waals surface area (Å²) < 4.78 is 5.09. The number of carboxylic acid groups (broad SMARTS) is 1. The number of nitrogens with zero attached hydrogens (tertiary/aromatic N) is 1. The van der Waals surface area contributed by atoms with Crippen LogP contribution >= 0.6 is 0 Å². The lowest BCUT2D eigenvalue weighted by Crippen LogP contribution is -2.51. The molecule has 1 atom stereocenters. The molecule has 1 fully saturated rings. The molecule has 2 amide bonds. The third kappa shape index (κ3) is 5.61. The zero-order valence-electron chi connectivity index (χ0n) is 13.0. The topological polar surface area (TPSA) is 95.9 Å². The SMILES string of the molecule is CC(=O)N1CCC(C(NC(=O)OC(C)(C)C)C(=O)O)CC1. The molecule has 7 heteroatoms. The fraction of sp³-hybridized carbons (Fsp3) is 0.786. The van der Waals surface area contributed by atoms with E-state index in [-0.39, 0.29) is 11.8 Å². The van der Waals surface area contributed by atoms with Gasteiger partial charge >= 0.3 is 12.1 Å². The van der Waals surface area contributed by atoms with E-state index in [1.807, 2.05) is 0 Å². The zero-order chi connectivity index (χ0) is 16.2. The van der Waals surface area contributed by atoms with Crippen molar-refractivity contribution in [3.63, 3.8) is 0 Å². The third-order valence-corrected chi connectivity index (χ3v) is 3.39. The van der Waals surface area contributed by atoms with Gasteiger partial charge in [-0.15, -0.1) is 0 Å². The van der Waals surface area contributed by atoms with E-state index in [1.165, 1.54) is 6.92 Å². The fourth-order valence-corrected chi connectivity index (χ4v) is 2.36. The van der Waals surface area contributed by atoms with Crippen LogP contribution in [0.4, 0.5) is 4.79 Å². The van der Waals surface area contributed by atoms with Gasteiger partial charge in [0.15, 0.2) is 0 Å². The van der Waals surface area contributed by atoms with Gasteiger partial charge in [-0.25, -0.2) is 9.59 Å². The second-order valence-electron chi connectivity index (χ2n) is 6.31. The van der Waals surface area contributed by atoms with Crippen molar-refractivity contribution >= 4 is 18.0 Å². The van der Waals surface area contributed by atoms with Crippen LogP contribution in [0.5, 0.6) is 0 Å². The lowest BCUT2D eigenvalue weighted by Gasteiger charge is -2.34. The average molecular weight is 300 g/mol. The number of nitrogens with one attached hydrogen (secondary N) is 1. The second kappa shape index (κ2) is 6.78. The molecule has 1 rings (SSSR count). The van der Waals surface area contributed by atoms with Crippen LogP contribution in [0.25, 0.3) is 0 Å². The number of carboxylic acids is 1. The van der Waals surface area contributed by atoms with E-state index in [4.69, 9.17) is 4.74 Å². The Morgan fingerprint density at radius 2 is 1.76 bits per heavy atom. The molecule has 1 heterocycles. The normalized spacial score (nSPS) is 18.0. The minimum atomic E-state index is -1.08. The van der Waals surface area contributed by atoms with E-state index >= 15 is 0 Å². The number of piperidine rings is 1. The van der Waals surface area contributed by atoms with Crippen LogP contribution in [0, 0.1) is 5.92 Å². The Hall–Kier alpha value is -1.79. The summed E-state index contributed by atoms with van der Waals surface area (Å²) in [7, 11) is 0. The van der Waals surface area contributed by atoms with Crippen LogP contribution in [0.3, 0.4) is 0 Å². The number of carbonyl (C=O) groups excluding carboxylic acids is 2. The Morgan fingerprint density at radius 1 is 1.24 bits per heavy atom. The number of ether oxygens (including phenoxy) is 1. The quantitative estimate of drug-likeness (QED) is 0.817. The average Bonchev–Trinajstić information content (AvgIpc) is 2.33. The molecule has 0 aromatic heterocycles. The fourth-order valence-electron chi connectivity index (χ4n) is 2.36. The number of hydrogen-bond donors (Lipinski definition) is 2. The Morgan fingerprint density at radius 3 is 2.14 bits per heavy atom. The molecule has 0 aliphatic carbocycles. The molecule has 120 valence electrons. The molecule has 0 spiro atoms. The van der Waals surface area contributed by atoms with Gasteiger partial charge in [-0.2, -0.15) is 0 Å². The Kier molecular flexibility index (Phi) is 5.57. The van der Waals surface area contributed by atoms with Gasteiger partial charge in [0, 0.05) is 20.0 Å². The first-order chi connectivity index (χ1) is 9.60. The van der Waals surface area contributed by atoms with Crippen LogP contribution < -0.4 is 5.32 Å². The van der Waals surface area contributed by atoms with Gasteiger partial charge in [0.05, 0.1) is 0 Å². The molecule has 1 aliphatic rings. The summed E-state index contributed by atoms with van der Waals surface area (Å²) >= 11 is 0. The van der Waals surface area contributed by atoms with Gasteiger partial charge < -0.3 is 20.1 Å². The van der Waals surface area contributed by atoms with Crippen molar-refractivity contribution in [3.05, 3.63) is 0 Å². The van der Waals surface area contributed by atoms with Crippen molar-refractivity contribution in [1.29, 1.82) is 0 Å². The maximum absolute atomic E-state index is 11.7. The highest BCUT2D eigenvalue weighted by Crippen LogP contribution is 2.21. The number of alkyl carbamates (subject to hydrolysis) is 1. The van der Waals surface area contributed by atoms with Gasteiger partial charge in [0.2, 0.25) is 5.91 Å². The second-order valence-corrected chi connectivity index (χ2v) is 6.31. The minimum Gasteiger partial charge on any atom is -0.480 e. The number of amides is 2. The number of carbonyl (C=O) groups is 3. The molecule has 0 saturated carbocycles. The van der Waals surface area contributed by atoms with Crippen molar-refractivity contribution in [1.82, 2.24) is 10.2 Å². The van der Waals surface area contributed by atoms with Crippen molar-refractivity contribution in [2.75, 3.05) is 13.1 Å². The Bertz CT molecular complexity index is 408. The lowest BCUT2D eigenvalue weighted by atomic mass is 9.89. The molecule has 1 unspecified atom stereocenters. The molecule has 0 aromatic carbocycles. The molecule has 1 aliphatic heterocycles. The van der Waals surface area contributed by atoms with E-state index in [0.29, 0.717) is 25.9 Å². The predicted molar refractivity (Wildman–Crippen MR) is 75.8 cm³/mol. The molecule has 0 radical (unpaired) electrons. The van der Waals surface area contributed by atoms with Crippen molar-refractivity contribution in [3.8, 4) is 0 Å². The summed E-state index contributed by atoms with van der Waals surface area (Å²) in [6, 6.07) is -0.992. The first kappa shape index (κ1) is 17.3. The molecule has 1 saturated heterocycles. The van der Waals surface area contributed by atoms with Crippen molar-refractivity contribution in [2.45, 2.75) is 52.2 Å². The molecular weight excluding hydrogens is 276 g/mol. The highest BCUT2D eigenvalue weighted by Gasteiger charge is 2.34. The summed E-state index contributed by atoms with van der Waals surface area (Å²) in [5.74, 6) is -1.30. The van der Waals surface area contributed by atoms with Crippen LogP contribution in [-0.2, 0) is 14.3 Å². The molecule has 0 aromatic rings. The number of rotatable bonds is 3. The minimum absolute atomic E-state index is 0.0135. The Balaban J connectivity index is 2.61. The summed E-state index contributed by atoms with van der Waals surface area (Å²) in [5, 5.41) is 11.7. The van der Waals surface area contributed by atoms with Gasteiger partial charge in [-0.3, -0.25) is 4.79 Å². The van der Waals surface area contributed by atoms with E-state index in [0.717, 1.165) is 0 Å². The monoisotopic (exact) mass is 300 g/mol. The molecule has 7 nitrogen and oxygen atoms in total. The zero-order valence-corrected chi connectivity index (χ0v) is 13.0. The third-order valence-electron chi connectivity index (χ3n) is 3.39. The number of likely N-dealkylation sites (tertiary alicyclic amines) is 1. The highest BCUT2D eigenvalue weighted by atomic mass is 16.6. The van der Waals surface area contributed by atoms with Crippen LogP contribution in [0.2, 0.25) is 0 Å². The number of hydrogen-bond acceptors (Lipinski definition) is 4. The summed E-state index contributed by atoms with van der Waals surface area (Å²) in [5.41, 5.74) is -0.675. The van der Waals surface area contributed by atoms with Gasteiger partial charge in [-0.05, 0) is 39.5 Å². The van der Waals surface area contributed by atoms with E-state index in [1.54, 1.807) is 25.7 Å². The summed E-state index contributed by atoms with van der Waals surface area (Å²) in [6.07, 6.45) is 0.363. The van der Waals surface area contributed by atoms with Crippen LogP contribution in [-0.4, -0.2) is 52.7 Å². The largest absolute Gasteiger partial charge is 0.480 e. The molecular formula is C14H24N2O5. The van der Waals surface area contributed by atoms with E-state index in [2.05, 4.69) is 5.32 Å². The lowest BCUT2D eigenvalue weighted by molar-refractivity contribution is -0.141. The maximum Gasteiger partial charge on any atom is 0.408 e. The highest BCUT2D eigenvalue weighted by molar-refractivity contribution is 5.80. The first-order valence-corrected chi connectivity index (χ1v) is 7.08. The summed E-state index contributed by atoms with van der Waals surface area (Å²) in [6.45, 7) is 7.67. The van der Waals surface area contributed by atoms with Crippen molar-refractivity contribution < 1.29 is 24.2 Å². The smallest absolute Gasteiger partial charge is 0.408 e. The van der Waals surface area contributed by atoms with Gasteiger partial charge in [0.25, 0.3) is 0 Å². The summed E-state index contributed by atoms with van der Waals surface area (Å²) in [4.78, 5) is 36.0. The van der Waals surface area contributed by atoms with Gasteiger partial charge in [-0.1, -0.05) is 0 Å². The standard InChI is InChI=1S/C14H24N2O5/c1-9(17)16-7-5-10(6-8-16)11(12(18)19)15-13(20)21-14(2,3)4/h10-11H,5-8H2,1-4H3,(H,15,20)(H,18,19). The van der Waals surface area contributed by atoms with Gasteiger partial charge in [0.1, 0.15) is 11.6 Å². The number of aliphatic carboxylic acids is 1. The molecule has 0 bridgehead atoms. The van der Waals surface area contributed by atoms with Crippen LogP contribution in [0.15, 0.2) is 0 Å².